The minimum atomic E-state index is -1.48. The van der Waals surface area contributed by atoms with Crippen LogP contribution in [0.5, 0.6) is 0 Å². The molecule has 0 unspecified atom stereocenters. The van der Waals surface area contributed by atoms with Gasteiger partial charge in [0.15, 0.2) is 0 Å². The van der Waals surface area contributed by atoms with Gasteiger partial charge < -0.3 is 31.5 Å². The van der Waals surface area contributed by atoms with Gasteiger partial charge in [-0.05, 0) is 48.3 Å². The van der Waals surface area contributed by atoms with Crippen LogP contribution in [0.3, 0.4) is 0 Å². The lowest BCUT2D eigenvalue weighted by Crippen LogP contribution is -2.57. The quantitative estimate of drug-likeness (QED) is 0.138. The Labute approximate surface area is 288 Å². The topological polar surface area (TPSA) is 157 Å². The van der Waals surface area contributed by atoms with Gasteiger partial charge in [0.1, 0.15) is 12.2 Å². The molecule has 4 amide bonds. The molecule has 3 aromatic carbocycles. The molecule has 10 nitrogen and oxygen atoms in total. The first-order valence-corrected chi connectivity index (χ1v) is 17.2. The van der Waals surface area contributed by atoms with E-state index in [9.17, 15) is 29.4 Å². The normalized spacial score (nSPS) is 24.8. The first kappa shape index (κ1) is 35.8. The molecule has 260 valence electrons. The van der Waals surface area contributed by atoms with E-state index in [1.165, 1.54) is 0 Å². The maximum absolute atomic E-state index is 13.7. The zero-order chi connectivity index (χ0) is 35.1. The van der Waals surface area contributed by atoms with Crippen LogP contribution >= 0.6 is 0 Å². The molecule has 0 heterocycles. The zero-order valence-corrected chi connectivity index (χ0v) is 28.3. The van der Waals surface area contributed by atoms with Gasteiger partial charge in [0.25, 0.3) is 0 Å². The maximum atomic E-state index is 13.7. The van der Waals surface area contributed by atoms with Crippen molar-refractivity contribution >= 4 is 23.6 Å². The molecular formula is C39H48N4O6. The number of hydrogen-bond acceptors (Lipinski definition) is 6. The van der Waals surface area contributed by atoms with Crippen molar-refractivity contribution in [2.75, 3.05) is 6.54 Å². The van der Waals surface area contributed by atoms with E-state index in [-0.39, 0.29) is 48.3 Å². The summed E-state index contributed by atoms with van der Waals surface area (Å²) in [7, 11) is 0. The van der Waals surface area contributed by atoms with Crippen molar-refractivity contribution in [3.8, 4) is 0 Å². The second kappa shape index (κ2) is 16.2. The Bertz CT molecular complexity index is 1570. The van der Waals surface area contributed by atoms with Gasteiger partial charge in [0.05, 0.1) is 35.8 Å². The number of amides is 4. The summed E-state index contributed by atoms with van der Waals surface area (Å²) in [5.74, 6) is -3.57. The van der Waals surface area contributed by atoms with E-state index >= 15 is 0 Å². The summed E-state index contributed by atoms with van der Waals surface area (Å²) < 4.78 is 0. The molecule has 0 saturated heterocycles. The minimum Gasteiger partial charge on any atom is -0.388 e. The van der Waals surface area contributed by atoms with E-state index in [2.05, 4.69) is 21.3 Å². The fourth-order valence-electron chi connectivity index (χ4n) is 7.01. The molecule has 3 aromatic rings. The van der Waals surface area contributed by atoms with E-state index < -0.39 is 48.0 Å². The number of carbonyl (C=O) groups excluding carboxylic acids is 4. The molecule has 0 aliphatic heterocycles. The highest BCUT2D eigenvalue weighted by Crippen LogP contribution is 2.47. The summed E-state index contributed by atoms with van der Waals surface area (Å²) in [6.45, 7) is 6.35. The third-order valence-electron chi connectivity index (χ3n) is 10.1. The Morgan fingerprint density at radius 1 is 0.551 bits per heavy atom. The molecule has 0 aromatic heterocycles. The summed E-state index contributed by atoms with van der Waals surface area (Å²) in [5.41, 5.74) is 2.63. The minimum absolute atomic E-state index is 0.158. The Balaban J connectivity index is 1.30. The molecule has 2 fully saturated rings. The molecule has 10 atom stereocenters. The fraction of sp³-hybridized carbons (Fsp3) is 0.436. The monoisotopic (exact) mass is 668 g/mol. The molecule has 0 bridgehead atoms. The van der Waals surface area contributed by atoms with Gasteiger partial charge in [0.2, 0.25) is 23.6 Å². The van der Waals surface area contributed by atoms with Crippen LogP contribution in [0.4, 0.5) is 0 Å². The maximum Gasteiger partial charge on any atom is 0.224 e. The van der Waals surface area contributed by atoms with Crippen LogP contribution in [0, 0.1) is 35.5 Å². The van der Waals surface area contributed by atoms with E-state index in [1.807, 2.05) is 112 Å². The summed E-state index contributed by atoms with van der Waals surface area (Å²) in [4.78, 5) is 52.7. The van der Waals surface area contributed by atoms with E-state index in [0.717, 1.165) is 16.7 Å². The van der Waals surface area contributed by atoms with Gasteiger partial charge in [0, 0.05) is 13.1 Å². The molecule has 2 aliphatic carbocycles. The van der Waals surface area contributed by atoms with Crippen LogP contribution in [-0.4, -0.2) is 64.7 Å². The smallest absolute Gasteiger partial charge is 0.224 e. The van der Waals surface area contributed by atoms with Gasteiger partial charge in [-0.3, -0.25) is 19.2 Å². The van der Waals surface area contributed by atoms with Crippen molar-refractivity contribution in [2.45, 2.75) is 64.4 Å². The van der Waals surface area contributed by atoms with Crippen LogP contribution in [0.2, 0.25) is 0 Å². The van der Waals surface area contributed by atoms with Crippen molar-refractivity contribution in [2.24, 2.45) is 35.5 Å². The Hall–Kier alpha value is -4.54. The number of rotatable bonds is 16. The average molecular weight is 669 g/mol. The molecule has 5 rings (SSSR count). The predicted octanol–water partition coefficient (Wildman–Crippen LogP) is 2.38. The number of hydrogen-bond donors (Lipinski definition) is 6. The van der Waals surface area contributed by atoms with Gasteiger partial charge in [-0.2, -0.15) is 0 Å². The molecule has 0 spiro atoms. The van der Waals surface area contributed by atoms with E-state index in [4.69, 9.17) is 0 Å². The lowest BCUT2D eigenvalue weighted by Gasteiger charge is -2.33. The average Bonchev–Trinajstić information content (AvgIpc) is 4.00. The molecule has 6 N–H and O–H groups in total. The third-order valence-corrected chi connectivity index (χ3v) is 10.1. The largest absolute Gasteiger partial charge is 0.388 e. The Kier molecular flexibility index (Phi) is 11.9. The molecule has 49 heavy (non-hydrogen) atoms. The van der Waals surface area contributed by atoms with Crippen LogP contribution in [0.25, 0.3) is 0 Å². The number of carbonyl (C=O) groups is 4. The highest BCUT2D eigenvalue weighted by Gasteiger charge is 2.57. The summed E-state index contributed by atoms with van der Waals surface area (Å²) in [6.07, 6.45) is -2.53. The Morgan fingerprint density at radius 3 is 1.29 bits per heavy atom. The van der Waals surface area contributed by atoms with Crippen LogP contribution < -0.4 is 21.3 Å². The predicted molar refractivity (Wildman–Crippen MR) is 185 cm³/mol. The van der Waals surface area contributed by atoms with Crippen LogP contribution in [0.1, 0.15) is 37.5 Å². The van der Waals surface area contributed by atoms with Crippen molar-refractivity contribution in [3.05, 3.63) is 108 Å². The first-order valence-electron chi connectivity index (χ1n) is 17.2. The first-order chi connectivity index (χ1) is 23.6. The standard InChI is InChI=1S/C39H48N4O6/c1-4-40-36(46)30-23(2)32(30)38(48)42-28(20-25-14-8-5-9-15-25)34(44)35(45)29(21-26-16-10-6-11-17-26)43-39(49)33-24(3)31(33)37(47)41-22-27-18-12-7-13-19-27/h5-19,23-24,28-35,44-45H,4,20-22H2,1-3H3,(H,40,46)(H,41,47)(H,42,48)(H,43,49)/t23-,24-,28-,29-,30+,31+,32+,33+,34+,35+/m0/s1. The summed E-state index contributed by atoms with van der Waals surface area (Å²) in [6, 6.07) is 26.3. The van der Waals surface area contributed by atoms with Gasteiger partial charge in [-0.15, -0.1) is 0 Å². The van der Waals surface area contributed by atoms with E-state index in [1.54, 1.807) is 0 Å². The number of benzene rings is 3. The molecular weight excluding hydrogens is 620 g/mol. The third kappa shape index (κ3) is 8.93. The molecule has 2 aliphatic rings. The zero-order valence-electron chi connectivity index (χ0n) is 28.3. The van der Waals surface area contributed by atoms with Crippen molar-refractivity contribution < 1.29 is 29.4 Å². The fourth-order valence-corrected chi connectivity index (χ4v) is 7.01. The summed E-state index contributed by atoms with van der Waals surface area (Å²) >= 11 is 0. The lowest BCUT2D eigenvalue weighted by molar-refractivity contribution is -0.130. The number of aliphatic hydroxyl groups excluding tert-OH is 2. The van der Waals surface area contributed by atoms with Crippen molar-refractivity contribution in [1.29, 1.82) is 0 Å². The SMILES string of the molecule is CCNC(=O)[C@@H]1[C@H](C)[C@H]1C(=O)N[C@@H](Cc1ccccc1)[C@@H](O)[C@H](O)[C@H](Cc1ccccc1)NC(=O)[C@@H]1[C@@H](C)[C@H]1C(=O)NCc1ccccc1. The molecule has 10 heteroatoms. The van der Waals surface area contributed by atoms with Gasteiger partial charge in [-0.1, -0.05) is 105 Å². The second-order valence-corrected chi connectivity index (χ2v) is 13.5. The highest BCUT2D eigenvalue weighted by atomic mass is 16.3. The van der Waals surface area contributed by atoms with Gasteiger partial charge in [-0.25, -0.2) is 0 Å². The van der Waals surface area contributed by atoms with Gasteiger partial charge >= 0.3 is 0 Å². The van der Waals surface area contributed by atoms with E-state index in [0.29, 0.717) is 13.1 Å². The molecule has 2 saturated carbocycles. The number of aliphatic hydroxyl groups is 2. The van der Waals surface area contributed by atoms with Crippen LogP contribution in [-0.2, 0) is 38.6 Å². The Morgan fingerprint density at radius 2 is 0.898 bits per heavy atom. The molecule has 0 radical (unpaired) electrons. The summed E-state index contributed by atoms with van der Waals surface area (Å²) in [5, 5.41) is 35.1. The van der Waals surface area contributed by atoms with Crippen LogP contribution in [0.15, 0.2) is 91.0 Å². The second-order valence-electron chi connectivity index (χ2n) is 13.5. The highest BCUT2D eigenvalue weighted by molar-refractivity contribution is 5.94. The van der Waals surface area contributed by atoms with Crippen molar-refractivity contribution in [3.63, 3.8) is 0 Å². The number of nitrogens with one attached hydrogen (secondary N) is 4. The van der Waals surface area contributed by atoms with Crippen molar-refractivity contribution in [1.82, 2.24) is 21.3 Å². The lowest BCUT2D eigenvalue weighted by atomic mass is 9.90.